The topological polar surface area (TPSA) is 72.5 Å². The molecule has 1 aromatic rings. The molecular formula is C11H14BrNO4S. The smallest absolute Gasteiger partial charge is 0.323 e. The van der Waals surface area contributed by atoms with Crippen LogP contribution in [0.5, 0.6) is 0 Å². The lowest BCUT2D eigenvalue weighted by Gasteiger charge is -2.12. The maximum atomic E-state index is 11.9. The average molecular weight is 336 g/mol. The minimum atomic E-state index is -3.71. The van der Waals surface area contributed by atoms with Crippen LogP contribution < -0.4 is 4.72 Å². The molecule has 1 aromatic carbocycles. The van der Waals surface area contributed by atoms with Gasteiger partial charge in [0.05, 0.1) is 12.0 Å². The number of nitrogens with one attached hydrogen (secondary N) is 1. The monoisotopic (exact) mass is 335 g/mol. The summed E-state index contributed by atoms with van der Waals surface area (Å²) in [5.74, 6) is -0.629. The number of carbonyl (C=O) groups is 1. The summed E-state index contributed by atoms with van der Waals surface area (Å²) in [4.78, 5) is 11.3. The number of methoxy groups -OCH3 is 1. The molecule has 0 heterocycles. The Morgan fingerprint density at radius 1 is 1.39 bits per heavy atom. The fourth-order valence-corrected chi connectivity index (χ4v) is 2.85. The predicted molar refractivity (Wildman–Crippen MR) is 70.9 cm³/mol. The van der Waals surface area contributed by atoms with E-state index < -0.39 is 22.0 Å². The number of ether oxygens (including phenoxy) is 1. The van der Waals surface area contributed by atoms with E-state index in [1.54, 1.807) is 12.1 Å². The number of esters is 1. The lowest BCUT2D eigenvalue weighted by Crippen LogP contribution is -2.39. The standard InChI is InChI=1S/C11H14BrNO4S/c1-8(11(14)17-2)13-18(15,16)10-5-3-9(7-12)4-6-10/h3-6,8,13H,7H2,1-2H3/t8-/m0/s1. The summed E-state index contributed by atoms with van der Waals surface area (Å²) in [6.45, 7) is 1.43. The van der Waals surface area contributed by atoms with Gasteiger partial charge in [-0.25, -0.2) is 8.42 Å². The van der Waals surface area contributed by atoms with Gasteiger partial charge in [-0.15, -0.1) is 0 Å². The van der Waals surface area contributed by atoms with Crippen molar-refractivity contribution in [1.82, 2.24) is 4.72 Å². The van der Waals surface area contributed by atoms with Crippen molar-refractivity contribution in [3.63, 3.8) is 0 Å². The first-order valence-corrected chi connectivity index (χ1v) is 7.76. The third kappa shape index (κ3) is 3.79. The normalized spacial score (nSPS) is 13.1. The summed E-state index contributed by atoms with van der Waals surface area (Å²) < 4.78 is 30.6. The van der Waals surface area contributed by atoms with E-state index in [0.717, 1.165) is 5.56 Å². The number of sulfonamides is 1. The van der Waals surface area contributed by atoms with Gasteiger partial charge in [-0.2, -0.15) is 4.72 Å². The van der Waals surface area contributed by atoms with Crippen molar-refractivity contribution in [1.29, 1.82) is 0 Å². The van der Waals surface area contributed by atoms with Crippen LogP contribution in [0.1, 0.15) is 12.5 Å². The third-order valence-electron chi connectivity index (χ3n) is 2.27. The first kappa shape index (κ1) is 15.1. The molecule has 0 saturated carbocycles. The SMILES string of the molecule is COC(=O)[C@H](C)NS(=O)(=O)c1ccc(CBr)cc1. The van der Waals surface area contributed by atoms with Crippen LogP contribution >= 0.6 is 15.9 Å². The maximum Gasteiger partial charge on any atom is 0.323 e. The van der Waals surface area contributed by atoms with Crippen LogP contribution in [0.4, 0.5) is 0 Å². The predicted octanol–water partition coefficient (Wildman–Crippen LogP) is 1.42. The van der Waals surface area contributed by atoms with Crippen LogP contribution in [-0.4, -0.2) is 27.5 Å². The van der Waals surface area contributed by atoms with Gasteiger partial charge in [0.1, 0.15) is 6.04 Å². The largest absolute Gasteiger partial charge is 0.468 e. The molecule has 18 heavy (non-hydrogen) atoms. The van der Waals surface area contributed by atoms with Crippen molar-refractivity contribution in [3.8, 4) is 0 Å². The van der Waals surface area contributed by atoms with Gasteiger partial charge >= 0.3 is 5.97 Å². The second kappa shape index (κ2) is 6.31. The van der Waals surface area contributed by atoms with Crippen LogP contribution in [0.3, 0.4) is 0 Å². The number of halogens is 1. The molecule has 1 rings (SSSR count). The molecule has 7 heteroatoms. The molecule has 1 N–H and O–H groups in total. The highest BCUT2D eigenvalue weighted by molar-refractivity contribution is 9.08. The average Bonchev–Trinajstić information content (AvgIpc) is 2.37. The van der Waals surface area contributed by atoms with Gasteiger partial charge in [-0.05, 0) is 24.6 Å². The molecule has 0 aliphatic carbocycles. The van der Waals surface area contributed by atoms with Crippen molar-refractivity contribution in [2.45, 2.75) is 23.2 Å². The van der Waals surface area contributed by atoms with E-state index in [1.807, 2.05) is 0 Å². The van der Waals surface area contributed by atoms with E-state index in [-0.39, 0.29) is 4.90 Å². The molecule has 0 radical (unpaired) electrons. The molecule has 0 fully saturated rings. The summed E-state index contributed by atoms with van der Waals surface area (Å²) in [5, 5.41) is 0.652. The Morgan fingerprint density at radius 2 is 1.94 bits per heavy atom. The molecule has 0 aliphatic rings. The van der Waals surface area contributed by atoms with Crippen LogP contribution in [0.15, 0.2) is 29.2 Å². The summed E-state index contributed by atoms with van der Waals surface area (Å²) in [6.07, 6.45) is 0. The second-order valence-corrected chi connectivity index (χ2v) is 5.92. The van der Waals surface area contributed by atoms with E-state index in [1.165, 1.54) is 26.2 Å². The Balaban J connectivity index is 2.89. The number of hydrogen-bond donors (Lipinski definition) is 1. The van der Waals surface area contributed by atoms with Crippen molar-refractivity contribution in [2.75, 3.05) is 7.11 Å². The minimum Gasteiger partial charge on any atom is -0.468 e. The molecule has 0 spiro atoms. The Morgan fingerprint density at radius 3 is 2.39 bits per heavy atom. The van der Waals surface area contributed by atoms with Crippen LogP contribution in [0.25, 0.3) is 0 Å². The zero-order valence-corrected chi connectivity index (χ0v) is 12.4. The fourth-order valence-electron chi connectivity index (χ4n) is 1.28. The number of hydrogen-bond acceptors (Lipinski definition) is 4. The van der Waals surface area contributed by atoms with Crippen molar-refractivity contribution in [3.05, 3.63) is 29.8 Å². The van der Waals surface area contributed by atoms with Crippen LogP contribution in [0.2, 0.25) is 0 Å². The zero-order chi connectivity index (χ0) is 13.8. The number of carbonyl (C=O) groups excluding carboxylic acids is 1. The molecule has 5 nitrogen and oxygen atoms in total. The van der Waals surface area contributed by atoms with E-state index in [9.17, 15) is 13.2 Å². The highest BCUT2D eigenvalue weighted by Gasteiger charge is 2.22. The van der Waals surface area contributed by atoms with Gasteiger partial charge in [-0.3, -0.25) is 4.79 Å². The Kier molecular flexibility index (Phi) is 5.30. The Hall–Kier alpha value is -0.920. The maximum absolute atomic E-state index is 11.9. The first-order chi connectivity index (χ1) is 8.40. The highest BCUT2D eigenvalue weighted by Crippen LogP contribution is 2.13. The Bertz CT molecular complexity index is 512. The van der Waals surface area contributed by atoms with Gasteiger partial charge in [-0.1, -0.05) is 28.1 Å². The molecular weight excluding hydrogens is 322 g/mol. The third-order valence-corrected chi connectivity index (χ3v) is 4.48. The zero-order valence-electron chi connectivity index (χ0n) is 10.0. The van der Waals surface area contributed by atoms with Crippen molar-refractivity contribution >= 4 is 31.9 Å². The van der Waals surface area contributed by atoms with E-state index in [0.29, 0.717) is 5.33 Å². The number of benzene rings is 1. The molecule has 100 valence electrons. The number of rotatable bonds is 5. The minimum absolute atomic E-state index is 0.114. The molecule has 0 saturated heterocycles. The van der Waals surface area contributed by atoms with Gasteiger partial charge in [0.2, 0.25) is 10.0 Å². The highest BCUT2D eigenvalue weighted by atomic mass is 79.9. The van der Waals surface area contributed by atoms with Crippen molar-refractivity contribution in [2.24, 2.45) is 0 Å². The van der Waals surface area contributed by atoms with Gasteiger partial charge in [0.25, 0.3) is 0 Å². The molecule has 0 unspecified atom stereocenters. The fraction of sp³-hybridized carbons (Fsp3) is 0.364. The summed E-state index contributed by atoms with van der Waals surface area (Å²) in [5.41, 5.74) is 0.968. The quantitative estimate of drug-likeness (QED) is 0.652. The molecule has 0 bridgehead atoms. The van der Waals surface area contributed by atoms with E-state index in [4.69, 9.17) is 0 Å². The molecule has 0 amide bonds. The van der Waals surface area contributed by atoms with E-state index >= 15 is 0 Å². The Labute approximate surface area is 115 Å². The number of alkyl halides is 1. The first-order valence-electron chi connectivity index (χ1n) is 5.15. The lowest BCUT2D eigenvalue weighted by molar-refractivity contribution is -0.142. The van der Waals surface area contributed by atoms with Gasteiger partial charge < -0.3 is 4.74 Å². The summed E-state index contributed by atoms with van der Waals surface area (Å²) >= 11 is 3.27. The molecule has 0 aromatic heterocycles. The lowest BCUT2D eigenvalue weighted by atomic mass is 10.2. The summed E-state index contributed by atoms with van der Waals surface area (Å²) in [7, 11) is -2.50. The van der Waals surface area contributed by atoms with Gasteiger partial charge in [0.15, 0.2) is 0 Å². The van der Waals surface area contributed by atoms with Crippen molar-refractivity contribution < 1.29 is 17.9 Å². The van der Waals surface area contributed by atoms with Gasteiger partial charge in [0, 0.05) is 5.33 Å². The van der Waals surface area contributed by atoms with Crippen LogP contribution in [0, 0.1) is 0 Å². The molecule has 0 aliphatic heterocycles. The van der Waals surface area contributed by atoms with Crippen LogP contribution in [-0.2, 0) is 24.9 Å². The second-order valence-electron chi connectivity index (χ2n) is 3.64. The molecule has 1 atom stereocenters. The van der Waals surface area contributed by atoms with E-state index in [2.05, 4.69) is 25.4 Å². The summed E-state index contributed by atoms with van der Waals surface area (Å²) in [6, 6.07) is 5.46.